The lowest BCUT2D eigenvalue weighted by atomic mass is 10.2. The van der Waals surface area contributed by atoms with Gasteiger partial charge in [0.1, 0.15) is 0 Å². The van der Waals surface area contributed by atoms with Crippen molar-refractivity contribution in [3.8, 4) is 0 Å². The summed E-state index contributed by atoms with van der Waals surface area (Å²) in [6.45, 7) is 13.9. The van der Waals surface area contributed by atoms with Gasteiger partial charge >= 0.3 is 0 Å². The molecule has 0 unspecified atom stereocenters. The van der Waals surface area contributed by atoms with Crippen LogP contribution >= 0.6 is 0 Å². The zero-order valence-corrected chi connectivity index (χ0v) is 11.0. The monoisotopic (exact) mass is 200 g/mol. The fraction of sp³-hybridized carbons (Fsp3) is 1.00. The minimum atomic E-state index is -1.50. The van der Waals surface area contributed by atoms with E-state index in [4.69, 9.17) is 4.43 Å². The van der Waals surface area contributed by atoms with E-state index in [9.17, 15) is 0 Å². The minimum Gasteiger partial charge on any atom is -0.411 e. The largest absolute Gasteiger partial charge is 0.411 e. The van der Waals surface area contributed by atoms with Gasteiger partial charge in [0.05, 0.1) is 5.60 Å². The predicted octanol–water partition coefficient (Wildman–Crippen LogP) is 3.95. The lowest BCUT2D eigenvalue weighted by molar-refractivity contribution is 0.154. The Hall–Kier alpha value is 0.177. The van der Waals surface area contributed by atoms with Crippen molar-refractivity contribution in [3.05, 3.63) is 0 Å². The number of hydrogen-bond acceptors (Lipinski definition) is 1. The Morgan fingerprint density at radius 1 is 1.23 bits per heavy atom. The average molecular weight is 200 g/mol. The van der Waals surface area contributed by atoms with Gasteiger partial charge in [-0.05, 0) is 37.4 Å². The van der Waals surface area contributed by atoms with E-state index in [2.05, 4.69) is 40.8 Å². The molecule has 0 saturated heterocycles. The average Bonchev–Trinajstić information content (AvgIpc) is 2.66. The maximum Gasteiger partial charge on any atom is 0.192 e. The van der Waals surface area contributed by atoms with Crippen molar-refractivity contribution in [3.63, 3.8) is 0 Å². The van der Waals surface area contributed by atoms with Gasteiger partial charge in [-0.3, -0.25) is 0 Å². The summed E-state index contributed by atoms with van der Waals surface area (Å²) in [4.78, 5) is 0. The van der Waals surface area contributed by atoms with Crippen LogP contribution in [0.1, 0.15) is 47.0 Å². The molecule has 0 amide bonds. The molecule has 13 heavy (non-hydrogen) atoms. The molecular formula is C11H24OSi. The van der Waals surface area contributed by atoms with E-state index in [1.54, 1.807) is 0 Å². The number of hydrogen-bond donors (Lipinski definition) is 0. The second-order valence-electron chi connectivity index (χ2n) is 5.90. The van der Waals surface area contributed by atoms with Crippen LogP contribution in [0.2, 0.25) is 18.1 Å². The molecule has 0 aromatic rings. The van der Waals surface area contributed by atoms with E-state index in [-0.39, 0.29) is 0 Å². The zero-order valence-electron chi connectivity index (χ0n) is 10.0. The highest BCUT2D eigenvalue weighted by Gasteiger charge is 2.49. The van der Waals surface area contributed by atoms with Crippen LogP contribution in [0.25, 0.3) is 0 Å². The molecule has 0 atom stereocenters. The molecule has 0 aliphatic heterocycles. The highest BCUT2D eigenvalue weighted by Crippen LogP contribution is 2.49. The maximum atomic E-state index is 6.39. The third kappa shape index (κ3) is 2.35. The van der Waals surface area contributed by atoms with E-state index >= 15 is 0 Å². The van der Waals surface area contributed by atoms with Crippen molar-refractivity contribution in [2.75, 3.05) is 0 Å². The van der Waals surface area contributed by atoms with Gasteiger partial charge in [-0.1, -0.05) is 27.7 Å². The third-order valence-electron chi connectivity index (χ3n) is 3.73. The Morgan fingerprint density at radius 3 is 1.92 bits per heavy atom. The molecule has 0 aromatic carbocycles. The van der Waals surface area contributed by atoms with Crippen molar-refractivity contribution < 1.29 is 4.43 Å². The van der Waals surface area contributed by atoms with E-state index < -0.39 is 8.32 Å². The van der Waals surface area contributed by atoms with Gasteiger partial charge < -0.3 is 4.43 Å². The molecular weight excluding hydrogens is 176 g/mol. The number of rotatable bonds is 3. The fourth-order valence-corrected chi connectivity index (χ4v) is 3.10. The van der Waals surface area contributed by atoms with E-state index in [1.165, 1.54) is 19.3 Å². The topological polar surface area (TPSA) is 9.23 Å². The summed E-state index contributed by atoms with van der Waals surface area (Å²) in [6.07, 6.45) is 3.77. The van der Waals surface area contributed by atoms with Crippen LogP contribution in [0, 0.1) is 0 Å². The molecule has 0 heterocycles. The van der Waals surface area contributed by atoms with Crippen molar-refractivity contribution in [2.45, 2.75) is 70.7 Å². The molecule has 0 aromatic heterocycles. The third-order valence-corrected chi connectivity index (χ3v) is 8.29. The second-order valence-corrected chi connectivity index (χ2v) is 10.6. The first-order valence-corrected chi connectivity index (χ1v) is 8.33. The van der Waals surface area contributed by atoms with Crippen LogP contribution in [-0.4, -0.2) is 13.9 Å². The summed E-state index contributed by atoms with van der Waals surface area (Å²) < 4.78 is 6.39. The Labute approximate surface area is 84.0 Å². The van der Waals surface area contributed by atoms with Crippen molar-refractivity contribution in [1.82, 2.24) is 0 Å². The predicted molar refractivity (Wildman–Crippen MR) is 60.5 cm³/mol. The summed E-state index contributed by atoms with van der Waals surface area (Å²) >= 11 is 0. The molecule has 1 rings (SSSR count). The molecule has 2 heteroatoms. The van der Waals surface area contributed by atoms with Gasteiger partial charge in [0, 0.05) is 0 Å². The summed E-state index contributed by atoms with van der Waals surface area (Å²) in [5, 5.41) is 0.359. The Bertz CT molecular complexity index is 187. The van der Waals surface area contributed by atoms with Crippen molar-refractivity contribution in [2.24, 2.45) is 0 Å². The van der Waals surface area contributed by atoms with Gasteiger partial charge in [0.25, 0.3) is 0 Å². The summed E-state index contributed by atoms with van der Waals surface area (Å²) in [6, 6.07) is 0. The highest BCUT2D eigenvalue weighted by molar-refractivity contribution is 6.74. The lowest BCUT2D eigenvalue weighted by Crippen LogP contribution is -2.44. The van der Waals surface area contributed by atoms with Crippen LogP contribution in [0.15, 0.2) is 0 Å². The minimum absolute atomic E-state index is 0.295. The maximum absolute atomic E-state index is 6.39. The molecule has 1 aliphatic rings. The van der Waals surface area contributed by atoms with Gasteiger partial charge in [0.15, 0.2) is 8.32 Å². The Balaban J connectivity index is 2.62. The second kappa shape index (κ2) is 3.09. The van der Waals surface area contributed by atoms with Crippen LogP contribution in [0.5, 0.6) is 0 Å². The van der Waals surface area contributed by atoms with Gasteiger partial charge in [0.2, 0.25) is 0 Å². The first-order chi connectivity index (χ1) is 5.72. The quantitative estimate of drug-likeness (QED) is 0.627. The van der Waals surface area contributed by atoms with E-state index in [1.807, 2.05) is 0 Å². The van der Waals surface area contributed by atoms with Crippen LogP contribution < -0.4 is 0 Å². The van der Waals surface area contributed by atoms with Gasteiger partial charge in [-0.2, -0.15) is 0 Å². The molecule has 1 nitrogen and oxygen atoms in total. The van der Waals surface area contributed by atoms with Crippen LogP contribution in [0.4, 0.5) is 0 Å². The molecule has 1 saturated carbocycles. The molecule has 0 bridgehead atoms. The standard InChI is InChI=1S/C11H24OSi/c1-7-11(8-9-11)12-13(5,6)10(2,3)4/h7-9H2,1-6H3. The molecule has 0 spiro atoms. The molecule has 1 fully saturated rings. The molecule has 0 N–H and O–H groups in total. The van der Waals surface area contributed by atoms with Crippen LogP contribution in [0.3, 0.4) is 0 Å². The van der Waals surface area contributed by atoms with E-state index in [0.29, 0.717) is 10.6 Å². The van der Waals surface area contributed by atoms with Gasteiger partial charge in [-0.25, -0.2) is 0 Å². The summed E-state index contributed by atoms with van der Waals surface area (Å²) in [5.74, 6) is 0. The Kier molecular flexibility index (Phi) is 2.68. The smallest absolute Gasteiger partial charge is 0.192 e. The Morgan fingerprint density at radius 2 is 1.69 bits per heavy atom. The SMILES string of the molecule is CCC1(O[Si](C)(C)C(C)(C)C)CC1. The summed E-state index contributed by atoms with van der Waals surface area (Å²) in [7, 11) is -1.50. The van der Waals surface area contributed by atoms with Crippen molar-refractivity contribution in [1.29, 1.82) is 0 Å². The normalized spacial score (nSPS) is 21.7. The molecule has 1 aliphatic carbocycles. The fourth-order valence-electron chi connectivity index (χ4n) is 1.36. The summed E-state index contributed by atoms with van der Waals surface area (Å²) in [5.41, 5.74) is 0.295. The highest BCUT2D eigenvalue weighted by atomic mass is 28.4. The molecule has 78 valence electrons. The molecule has 0 radical (unpaired) electrons. The first kappa shape index (κ1) is 11.3. The first-order valence-electron chi connectivity index (χ1n) is 5.43. The zero-order chi connectivity index (χ0) is 10.3. The lowest BCUT2D eigenvalue weighted by Gasteiger charge is -2.39. The van der Waals surface area contributed by atoms with Crippen LogP contribution in [-0.2, 0) is 4.43 Å². The van der Waals surface area contributed by atoms with Crippen molar-refractivity contribution >= 4 is 8.32 Å². The van der Waals surface area contributed by atoms with E-state index in [0.717, 1.165) is 0 Å². The van der Waals surface area contributed by atoms with Gasteiger partial charge in [-0.15, -0.1) is 0 Å².